The first-order valence-electron chi connectivity index (χ1n) is 10.5. The van der Waals surface area contributed by atoms with Crippen LogP contribution < -0.4 is 0 Å². The fourth-order valence-electron chi connectivity index (χ4n) is 3.11. The number of aromatic hydroxyl groups is 1. The summed E-state index contributed by atoms with van der Waals surface area (Å²) in [4.78, 5) is 13.0. The monoisotopic (exact) mass is 438 g/mol. The predicted molar refractivity (Wildman–Crippen MR) is 124 cm³/mol. The van der Waals surface area contributed by atoms with Crippen molar-refractivity contribution in [1.82, 2.24) is 0 Å². The van der Waals surface area contributed by atoms with Gasteiger partial charge in [-0.15, -0.1) is 0 Å². The maximum Gasteiger partial charge on any atom is 0.343 e. The van der Waals surface area contributed by atoms with Crippen molar-refractivity contribution >= 4 is 19.5 Å². The quantitative estimate of drug-likeness (QED) is 0.365. The third-order valence-electron chi connectivity index (χ3n) is 5.06. The van der Waals surface area contributed by atoms with Crippen molar-refractivity contribution in [2.24, 2.45) is 0 Å². The Balaban J connectivity index is 3.44. The maximum atomic E-state index is 13.2. The second-order valence-corrected chi connectivity index (χ2v) is 12.7. The van der Waals surface area contributed by atoms with Gasteiger partial charge in [0.1, 0.15) is 10.9 Å². The summed E-state index contributed by atoms with van der Waals surface area (Å²) in [6.07, 6.45) is 3.13. The molecule has 1 N–H and O–H groups in total. The van der Waals surface area contributed by atoms with Gasteiger partial charge in [0, 0.05) is 11.1 Å². The summed E-state index contributed by atoms with van der Waals surface area (Å²) in [5.74, 6) is -0.0496. The van der Waals surface area contributed by atoms with E-state index in [0.29, 0.717) is 0 Å². The fourth-order valence-corrected chi connectivity index (χ4v) is 4.85. The molecule has 1 aromatic rings. The second kappa shape index (κ2) is 9.38. The molecule has 0 aromatic heterocycles. The van der Waals surface area contributed by atoms with Crippen LogP contribution in [-0.4, -0.2) is 29.3 Å². The van der Waals surface area contributed by atoms with Crippen molar-refractivity contribution in [3.63, 3.8) is 0 Å². The van der Waals surface area contributed by atoms with E-state index in [4.69, 9.17) is 9.05 Å². The van der Waals surface area contributed by atoms with Crippen LogP contribution in [0.1, 0.15) is 85.9 Å². The van der Waals surface area contributed by atoms with Crippen LogP contribution in [0.4, 0.5) is 0 Å². The highest BCUT2D eigenvalue weighted by Gasteiger charge is 2.48. The first-order valence-corrected chi connectivity index (χ1v) is 12.0. The third kappa shape index (κ3) is 5.84. The Labute approximate surface area is 182 Å². The zero-order valence-corrected chi connectivity index (χ0v) is 21.1. The number of rotatable bonds is 8. The van der Waals surface area contributed by atoms with Crippen LogP contribution >= 0.6 is 7.60 Å². The second-order valence-electron chi connectivity index (χ2n) is 10.1. The van der Waals surface area contributed by atoms with Crippen molar-refractivity contribution in [1.29, 1.82) is 0 Å². The Morgan fingerprint density at radius 1 is 0.933 bits per heavy atom. The SMILES string of the molecule is CCOP(=O)(OCC)C(C)(C)C(=O)C=Cc1cc(C(C)(C)C)c(O)c(C(C)(C)C)c1. The Bertz CT molecular complexity index is 793. The van der Waals surface area contributed by atoms with E-state index in [1.54, 1.807) is 33.8 Å². The fraction of sp³-hybridized carbons (Fsp3) is 0.625. The van der Waals surface area contributed by atoms with E-state index in [1.165, 1.54) is 6.08 Å². The number of allylic oxidation sites excluding steroid dienone is 1. The molecule has 0 amide bonds. The van der Waals surface area contributed by atoms with E-state index in [1.807, 2.05) is 53.7 Å². The smallest absolute Gasteiger partial charge is 0.343 e. The molecule has 0 saturated heterocycles. The van der Waals surface area contributed by atoms with Crippen LogP contribution in [0.3, 0.4) is 0 Å². The first-order chi connectivity index (χ1) is 13.5. The minimum Gasteiger partial charge on any atom is -0.507 e. The lowest BCUT2D eigenvalue weighted by atomic mass is 9.78. The van der Waals surface area contributed by atoms with Crippen LogP contribution in [0.2, 0.25) is 0 Å². The van der Waals surface area contributed by atoms with Gasteiger partial charge in [-0.1, -0.05) is 47.6 Å². The van der Waals surface area contributed by atoms with E-state index >= 15 is 0 Å². The van der Waals surface area contributed by atoms with Crippen LogP contribution in [0.25, 0.3) is 6.08 Å². The molecule has 0 unspecified atom stereocenters. The number of phenolic OH excluding ortho intramolecular Hbond substituents is 1. The van der Waals surface area contributed by atoms with Gasteiger partial charge in [0.25, 0.3) is 0 Å². The number of phenols is 1. The largest absolute Gasteiger partial charge is 0.507 e. The average Bonchev–Trinajstić information content (AvgIpc) is 2.58. The molecule has 0 bridgehead atoms. The zero-order valence-electron chi connectivity index (χ0n) is 20.3. The molecule has 170 valence electrons. The molecule has 6 heteroatoms. The zero-order chi connectivity index (χ0) is 23.5. The number of hydrogen-bond donors (Lipinski definition) is 1. The molecule has 0 radical (unpaired) electrons. The molecule has 30 heavy (non-hydrogen) atoms. The number of ketones is 1. The van der Waals surface area contributed by atoms with Gasteiger partial charge in [-0.2, -0.15) is 0 Å². The van der Waals surface area contributed by atoms with Crippen LogP contribution in [0, 0.1) is 0 Å². The highest BCUT2D eigenvalue weighted by atomic mass is 31.2. The van der Waals surface area contributed by atoms with Crippen LogP contribution in [0.15, 0.2) is 18.2 Å². The molecule has 0 aliphatic carbocycles. The number of carbonyl (C=O) groups is 1. The maximum absolute atomic E-state index is 13.2. The average molecular weight is 439 g/mol. The summed E-state index contributed by atoms with van der Waals surface area (Å²) in [7, 11) is -3.62. The topological polar surface area (TPSA) is 72.8 Å². The molecular formula is C24H39O5P. The van der Waals surface area contributed by atoms with E-state index in [-0.39, 0.29) is 35.6 Å². The lowest BCUT2D eigenvalue weighted by molar-refractivity contribution is -0.116. The van der Waals surface area contributed by atoms with E-state index in [0.717, 1.165) is 16.7 Å². The molecule has 0 atom stereocenters. The van der Waals surface area contributed by atoms with Crippen molar-refractivity contribution in [2.75, 3.05) is 13.2 Å². The molecule has 1 rings (SSSR count). The number of benzene rings is 1. The van der Waals surface area contributed by atoms with Gasteiger partial charge < -0.3 is 14.2 Å². The van der Waals surface area contributed by atoms with E-state index in [2.05, 4.69) is 0 Å². The normalized spacial score (nSPS) is 13.8. The summed E-state index contributed by atoms with van der Waals surface area (Å²) < 4.78 is 24.0. The molecule has 0 aliphatic rings. The molecule has 0 saturated carbocycles. The molecule has 5 nitrogen and oxygen atoms in total. The standard InChI is InChI=1S/C24H39O5P/c1-11-28-30(27,29-12-2)24(9,10)20(25)14-13-17-15-18(22(3,4)5)21(26)19(16-17)23(6,7)8/h13-16,26H,11-12H2,1-10H3. The van der Waals surface area contributed by atoms with Gasteiger partial charge in [-0.05, 0) is 62.3 Å². The van der Waals surface area contributed by atoms with Gasteiger partial charge in [-0.25, -0.2) is 0 Å². The van der Waals surface area contributed by atoms with Crippen molar-refractivity contribution in [3.05, 3.63) is 34.9 Å². The summed E-state index contributed by atoms with van der Waals surface area (Å²) in [5.41, 5.74) is 1.90. The Morgan fingerprint density at radius 2 is 1.33 bits per heavy atom. The Hall–Kier alpha value is -1.42. The van der Waals surface area contributed by atoms with Crippen molar-refractivity contribution in [3.8, 4) is 5.75 Å². The van der Waals surface area contributed by atoms with Crippen LogP contribution in [-0.2, 0) is 29.2 Å². The van der Waals surface area contributed by atoms with Gasteiger partial charge in [0.05, 0.1) is 13.2 Å². The summed E-state index contributed by atoms with van der Waals surface area (Å²) >= 11 is 0. The third-order valence-corrected chi connectivity index (χ3v) is 7.85. The van der Waals surface area contributed by atoms with Gasteiger partial charge in [-0.3, -0.25) is 9.36 Å². The van der Waals surface area contributed by atoms with Crippen LogP contribution in [0.5, 0.6) is 5.75 Å². The van der Waals surface area contributed by atoms with Gasteiger partial charge in [0.15, 0.2) is 5.78 Å². The van der Waals surface area contributed by atoms with Gasteiger partial charge >= 0.3 is 7.60 Å². The summed E-state index contributed by atoms with van der Waals surface area (Å²) in [6.45, 7) is 19.2. The number of carbonyl (C=O) groups excluding carboxylic acids is 1. The molecule has 0 heterocycles. The lowest BCUT2D eigenvalue weighted by Gasteiger charge is -2.30. The number of hydrogen-bond acceptors (Lipinski definition) is 5. The molecular weight excluding hydrogens is 399 g/mol. The Morgan fingerprint density at radius 3 is 1.67 bits per heavy atom. The van der Waals surface area contributed by atoms with Crippen molar-refractivity contribution < 1.29 is 23.5 Å². The predicted octanol–water partition coefficient (Wildman–Crippen LogP) is 6.61. The Kier molecular flexibility index (Phi) is 8.32. The van der Waals surface area contributed by atoms with Crippen molar-refractivity contribution in [2.45, 2.75) is 85.2 Å². The van der Waals surface area contributed by atoms with E-state index in [9.17, 15) is 14.5 Å². The summed E-state index contributed by atoms with van der Waals surface area (Å²) in [5, 5.41) is 9.54. The first kappa shape index (κ1) is 26.6. The van der Waals surface area contributed by atoms with Gasteiger partial charge in [0.2, 0.25) is 0 Å². The van der Waals surface area contributed by atoms with E-state index < -0.39 is 12.8 Å². The lowest BCUT2D eigenvalue weighted by Crippen LogP contribution is -2.32. The highest BCUT2D eigenvalue weighted by molar-refractivity contribution is 7.56. The minimum absolute atomic E-state index is 0.194. The summed E-state index contributed by atoms with van der Waals surface area (Å²) in [6, 6.07) is 3.79. The minimum atomic E-state index is -3.62. The molecule has 0 aliphatic heterocycles. The molecule has 0 fully saturated rings. The highest BCUT2D eigenvalue weighted by Crippen LogP contribution is 2.60. The molecule has 0 spiro atoms. The molecule has 1 aromatic carbocycles.